The minimum absolute atomic E-state index is 0.0185. The molecular weight excluding hydrogens is 424 g/mol. The van der Waals surface area contributed by atoms with Crippen LogP contribution in [0.5, 0.6) is 17.2 Å². The molecule has 0 unspecified atom stereocenters. The van der Waals surface area contributed by atoms with E-state index in [-0.39, 0.29) is 40.5 Å². The summed E-state index contributed by atoms with van der Waals surface area (Å²) in [5.41, 5.74) is 2.21. The lowest BCUT2D eigenvalue weighted by molar-refractivity contribution is -0.385. The topological polar surface area (TPSA) is 114 Å². The van der Waals surface area contributed by atoms with Crippen molar-refractivity contribution in [3.8, 4) is 17.2 Å². The first-order valence-electron chi connectivity index (χ1n) is 11.4. The van der Waals surface area contributed by atoms with E-state index < -0.39 is 4.92 Å². The maximum atomic E-state index is 11.4. The quantitative estimate of drug-likeness (QED) is 0.510. The summed E-state index contributed by atoms with van der Waals surface area (Å²) in [6.07, 6.45) is 3.96. The Kier molecular flexibility index (Phi) is 5.28. The van der Waals surface area contributed by atoms with Crippen LogP contribution in [0.3, 0.4) is 0 Å². The number of nitro groups is 1. The Bertz CT molecular complexity index is 1130. The molecule has 8 heteroatoms. The van der Waals surface area contributed by atoms with E-state index in [1.54, 1.807) is 18.2 Å². The Morgan fingerprint density at radius 2 is 1.97 bits per heavy atom. The molecule has 0 aromatic heterocycles. The third-order valence-electron chi connectivity index (χ3n) is 8.19. The van der Waals surface area contributed by atoms with Crippen LogP contribution in [-0.2, 0) is 0 Å². The number of aromatic hydroxyl groups is 1. The van der Waals surface area contributed by atoms with E-state index in [1.807, 2.05) is 6.07 Å². The van der Waals surface area contributed by atoms with Crippen molar-refractivity contribution in [3.05, 3.63) is 57.6 Å². The van der Waals surface area contributed by atoms with Crippen molar-refractivity contribution in [2.75, 3.05) is 7.11 Å². The van der Waals surface area contributed by atoms with E-state index in [9.17, 15) is 20.3 Å². The summed E-state index contributed by atoms with van der Waals surface area (Å²) in [5.74, 6) is 1.37. The van der Waals surface area contributed by atoms with Gasteiger partial charge in [-0.15, -0.1) is 0 Å². The van der Waals surface area contributed by atoms with E-state index in [2.05, 4.69) is 12.1 Å². The van der Waals surface area contributed by atoms with Crippen molar-refractivity contribution in [1.29, 1.82) is 0 Å². The molecule has 2 aromatic carbocycles. The van der Waals surface area contributed by atoms with Gasteiger partial charge in [0.2, 0.25) is 5.75 Å². The van der Waals surface area contributed by atoms with Gasteiger partial charge in [0.05, 0.1) is 23.8 Å². The molecule has 3 aliphatic carbocycles. The van der Waals surface area contributed by atoms with Crippen molar-refractivity contribution in [3.63, 3.8) is 0 Å². The molecule has 0 saturated heterocycles. The summed E-state index contributed by atoms with van der Waals surface area (Å²) in [5, 5.41) is 36.9. The molecule has 8 nitrogen and oxygen atoms in total. The lowest BCUT2D eigenvalue weighted by atomic mass is 9.55. The second-order valence-corrected chi connectivity index (χ2v) is 9.68. The predicted molar refractivity (Wildman–Crippen MR) is 122 cm³/mol. The molecule has 33 heavy (non-hydrogen) atoms. The number of para-hydroxylation sites is 2. The van der Waals surface area contributed by atoms with Gasteiger partial charge in [0.25, 0.3) is 0 Å². The molecule has 0 bridgehead atoms. The summed E-state index contributed by atoms with van der Waals surface area (Å²) in [7, 11) is 1.53. The zero-order valence-electron chi connectivity index (χ0n) is 18.7. The Balaban J connectivity index is 1.58. The lowest BCUT2D eigenvalue weighted by Gasteiger charge is -2.50. The average molecular weight is 453 g/mol. The number of nitrogens with zero attached hydrogens (tertiary/aromatic N) is 2. The fourth-order valence-corrected chi connectivity index (χ4v) is 6.44. The van der Waals surface area contributed by atoms with Crippen LogP contribution in [0.15, 0.2) is 41.6 Å². The van der Waals surface area contributed by atoms with Gasteiger partial charge in [-0.05, 0) is 79.0 Å². The summed E-state index contributed by atoms with van der Waals surface area (Å²) in [6, 6.07) is 9.68. The van der Waals surface area contributed by atoms with Gasteiger partial charge in [-0.2, -0.15) is 0 Å². The molecule has 0 amide bonds. The Morgan fingerprint density at radius 1 is 1.18 bits per heavy atom. The summed E-state index contributed by atoms with van der Waals surface area (Å²) < 4.78 is 5.38. The first kappa shape index (κ1) is 21.7. The second kappa shape index (κ2) is 8.02. The Labute approximate surface area is 192 Å². The van der Waals surface area contributed by atoms with E-state index >= 15 is 0 Å². The third-order valence-corrected chi connectivity index (χ3v) is 8.19. The van der Waals surface area contributed by atoms with Crippen LogP contribution in [-0.4, -0.2) is 34.1 Å². The van der Waals surface area contributed by atoms with Crippen LogP contribution in [0.1, 0.15) is 56.1 Å². The molecule has 0 radical (unpaired) electrons. The van der Waals surface area contributed by atoms with Gasteiger partial charge in [-0.25, -0.2) is 0 Å². The molecule has 174 valence electrons. The number of aliphatic hydroxyl groups is 1. The highest BCUT2D eigenvalue weighted by Crippen LogP contribution is 2.61. The van der Waals surface area contributed by atoms with Gasteiger partial charge in [0.1, 0.15) is 0 Å². The number of benzene rings is 2. The maximum absolute atomic E-state index is 11.4. The van der Waals surface area contributed by atoms with E-state index in [4.69, 9.17) is 9.57 Å². The van der Waals surface area contributed by atoms with Crippen LogP contribution in [0.25, 0.3) is 0 Å². The van der Waals surface area contributed by atoms with E-state index in [0.717, 1.165) is 36.8 Å². The monoisotopic (exact) mass is 452 g/mol. The Morgan fingerprint density at radius 3 is 2.73 bits per heavy atom. The van der Waals surface area contributed by atoms with Gasteiger partial charge in [0, 0.05) is 11.6 Å². The third kappa shape index (κ3) is 3.44. The number of hydrogen-bond acceptors (Lipinski definition) is 7. The van der Waals surface area contributed by atoms with Crippen LogP contribution >= 0.6 is 0 Å². The fourth-order valence-electron chi connectivity index (χ4n) is 6.44. The van der Waals surface area contributed by atoms with Gasteiger partial charge < -0.3 is 19.8 Å². The maximum Gasteiger partial charge on any atom is 0.314 e. The van der Waals surface area contributed by atoms with Crippen molar-refractivity contribution < 1.29 is 24.7 Å². The highest BCUT2D eigenvalue weighted by molar-refractivity contribution is 6.03. The zero-order chi connectivity index (χ0) is 23.3. The number of oxime groups is 1. The van der Waals surface area contributed by atoms with Crippen LogP contribution in [0.4, 0.5) is 5.69 Å². The van der Waals surface area contributed by atoms with Gasteiger partial charge in [-0.3, -0.25) is 10.1 Å². The normalized spacial score (nSPS) is 31.4. The van der Waals surface area contributed by atoms with Crippen LogP contribution < -0.4 is 9.57 Å². The number of aliphatic hydroxyl groups excluding tert-OH is 1. The summed E-state index contributed by atoms with van der Waals surface area (Å²) in [4.78, 5) is 16.5. The number of ether oxygens (including phenoxy) is 1. The Hall–Kier alpha value is -3.13. The molecular formula is C25H28N2O6. The largest absolute Gasteiger partial charge is 0.504 e. The molecule has 3 aliphatic rings. The minimum atomic E-state index is -0.496. The number of phenols is 1. The van der Waals surface area contributed by atoms with E-state index in [1.165, 1.54) is 19.2 Å². The number of phenolic OH excluding ortho intramolecular Hbond substituents is 1. The average Bonchev–Trinajstić information content (AvgIpc) is 3.11. The zero-order valence-corrected chi connectivity index (χ0v) is 18.7. The van der Waals surface area contributed by atoms with E-state index in [0.29, 0.717) is 23.8 Å². The van der Waals surface area contributed by atoms with Gasteiger partial charge in [0.15, 0.2) is 11.5 Å². The lowest BCUT2D eigenvalue weighted by Crippen LogP contribution is -2.45. The molecule has 2 aromatic rings. The highest BCUT2D eigenvalue weighted by Gasteiger charge is 2.55. The molecule has 0 spiro atoms. The number of methoxy groups -OCH3 is 1. The molecule has 5 rings (SSSR count). The van der Waals surface area contributed by atoms with Crippen LogP contribution in [0.2, 0.25) is 0 Å². The standard InChI is InChI=1S/C25H28N2O6/c1-25-10-9-14-15-13-23(32-2)21(28)12-17(15)19(11-16(14)18(25)7-8-24(25)29)26-33-22-6-4-3-5-20(22)27(30)31/h3-6,12-14,16,18,24,28-29H,7-11H2,1-2H3/t14-,16-,18+,24+,25+/m1/s1. The molecule has 0 aliphatic heterocycles. The summed E-state index contributed by atoms with van der Waals surface area (Å²) in [6.45, 7) is 2.19. The second-order valence-electron chi connectivity index (χ2n) is 9.68. The smallest absolute Gasteiger partial charge is 0.314 e. The first-order chi connectivity index (χ1) is 15.8. The predicted octanol–water partition coefficient (Wildman–Crippen LogP) is 4.77. The van der Waals surface area contributed by atoms with Crippen molar-refractivity contribution in [2.45, 2.75) is 51.0 Å². The number of rotatable bonds is 4. The molecule has 2 N–H and O–H groups in total. The number of nitro benzene ring substituents is 1. The first-order valence-corrected chi connectivity index (χ1v) is 11.4. The number of fused-ring (bicyclic) bond motifs is 5. The highest BCUT2D eigenvalue weighted by atomic mass is 16.7. The summed E-state index contributed by atoms with van der Waals surface area (Å²) >= 11 is 0. The molecule has 5 atom stereocenters. The van der Waals surface area contributed by atoms with Crippen molar-refractivity contribution >= 4 is 11.4 Å². The van der Waals surface area contributed by atoms with Crippen molar-refractivity contribution in [2.24, 2.45) is 22.4 Å². The van der Waals surface area contributed by atoms with Gasteiger partial charge in [-0.1, -0.05) is 24.2 Å². The van der Waals surface area contributed by atoms with Gasteiger partial charge >= 0.3 is 5.69 Å². The minimum Gasteiger partial charge on any atom is -0.504 e. The fraction of sp³-hybridized carbons (Fsp3) is 0.480. The molecule has 0 heterocycles. The number of hydrogen-bond donors (Lipinski definition) is 2. The van der Waals surface area contributed by atoms with Crippen LogP contribution in [0, 0.1) is 27.4 Å². The van der Waals surface area contributed by atoms with Crippen molar-refractivity contribution in [1.82, 2.24) is 0 Å². The molecule has 2 fully saturated rings. The molecule has 2 saturated carbocycles. The SMILES string of the molecule is COc1cc2c(cc1O)C(=NOc1ccccc1[N+](=O)[O-])C[C@@H]1[C@@H]2CC[C@]2(C)[C@@H](O)CC[C@@H]12.